The van der Waals surface area contributed by atoms with Crippen LogP contribution >= 0.6 is 0 Å². The van der Waals surface area contributed by atoms with Crippen LogP contribution in [-0.4, -0.2) is 12.9 Å². The van der Waals surface area contributed by atoms with Crippen molar-refractivity contribution in [1.82, 2.24) is 0 Å². The Morgan fingerprint density at radius 3 is 2.58 bits per heavy atom. The third-order valence-corrected chi connectivity index (χ3v) is 2.83. The quantitative estimate of drug-likeness (QED) is 0.617. The zero-order chi connectivity index (χ0) is 13.8. The van der Waals surface area contributed by atoms with Gasteiger partial charge in [-0.15, -0.1) is 0 Å². The van der Waals surface area contributed by atoms with Crippen LogP contribution in [0, 0.1) is 13.8 Å². The van der Waals surface area contributed by atoms with Crippen molar-refractivity contribution in [2.24, 2.45) is 0 Å². The Morgan fingerprint density at radius 2 is 2.00 bits per heavy atom. The van der Waals surface area contributed by atoms with E-state index in [1.807, 2.05) is 32.0 Å². The maximum absolute atomic E-state index is 11.8. The molecule has 1 heterocycles. The smallest absolute Gasteiger partial charge is 0.221 e. The molecule has 0 aliphatic heterocycles. The van der Waals surface area contributed by atoms with Crippen LogP contribution < -0.4 is 4.74 Å². The number of aryl methyl sites for hydroxylation is 2. The minimum absolute atomic E-state index is 0.137. The summed E-state index contributed by atoms with van der Waals surface area (Å²) in [7, 11) is 1.64. The molecule has 1 aromatic carbocycles. The monoisotopic (exact) mass is 256 g/mol. The molecule has 0 saturated heterocycles. The second-order valence-corrected chi connectivity index (χ2v) is 4.34. The third-order valence-electron chi connectivity index (χ3n) is 2.83. The molecule has 1 aromatic heterocycles. The van der Waals surface area contributed by atoms with Gasteiger partial charge in [-0.3, -0.25) is 4.79 Å². The fourth-order valence-electron chi connectivity index (χ4n) is 1.83. The van der Waals surface area contributed by atoms with Crippen LogP contribution in [0.15, 0.2) is 40.8 Å². The molecule has 0 saturated carbocycles. The summed E-state index contributed by atoms with van der Waals surface area (Å²) in [6, 6.07) is 9.22. The molecule has 2 rings (SSSR count). The summed E-state index contributed by atoms with van der Waals surface area (Å²) in [5.41, 5.74) is 1.99. The van der Waals surface area contributed by atoms with Gasteiger partial charge in [0.05, 0.1) is 7.11 Å². The molecular weight excluding hydrogens is 240 g/mol. The molecule has 0 atom stereocenters. The Morgan fingerprint density at radius 1 is 1.21 bits per heavy atom. The molecule has 2 aromatic rings. The number of rotatable bonds is 4. The van der Waals surface area contributed by atoms with Gasteiger partial charge in [0.1, 0.15) is 11.5 Å². The van der Waals surface area contributed by atoms with Crippen molar-refractivity contribution in [3.05, 3.63) is 59.1 Å². The van der Waals surface area contributed by atoms with Gasteiger partial charge in [-0.05, 0) is 55.3 Å². The number of carbonyl (C=O) groups excluding carboxylic acids is 1. The molecule has 19 heavy (non-hydrogen) atoms. The minimum Gasteiger partial charge on any atom is -0.496 e. The predicted molar refractivity (Wildman–Crippen MR) is 74.5 cm³/mol. The van der Waals surface area contributed by atoms with E-state index in [0.29, 0.717) is 5.76 Å². The van der Waals surface area contributed by atoms with E-state index >= 15 is 0 Å². The average molecular weight is 256 g/mol. The maximum atomic E-state index is 11.8. The summed E-state index contributed by atoms with van der Waals surface area (Å²) in [6.07, 6.45) is 3.28. The van der Waals surface area contributed by atoms with Gasteiger partial charge in [0.25, 0.3) is 0 Å². The van der Waals surface area contributed by atoms with Crippen molar-refractivity contribution in [3.63, 3.8) is 0 Å². The van der Waals surface area contributed by atoms with Gasteiger partial charge in [-0.2, -0.15) is 0 Å². The SMILES string of the molecule is COc1ccc(C=CC(=O)c2ccc(C)o2)cc1C. The maximum Gasteiger partial charge on any atom is 0.221 e. The van der Waals surface area contributed by atoms with Crippen LogP contribution in [0.4, 0.5) is 0 Å². The van der Waals surface area contributed by atoms with Gasteiger partial charge >= 0.3 is 0 Å². The number of carbonyl (C=O) groups is 1. The molecule has 98 valence electrons. The first-order chi connectivity index (χ1) is 9.10. The van der Waals surface area contributed by atoms with E-state index in [2.05, 4.69) is 0 Å². The van der Waals surface area contributed by atoms with Crippen LogP contribution in [0.1, 0.15) is 27.4 Å². The number of benzene rings is 1. The lowest BCUT2D eigenvalue weighted by Crippen LogP contribution is -1.91. The molecule has 0 aliphatic carbocycles. The highest BCUT2D eigenvalue weighted by Gasteiger charge is 2.06. The number of ether oxygens (including phenoxy) is 1. The van der Waals surface area contributed by atoms with E-state index in [0.717, 1.165) is 22.6 Å². The zero-order valence-corrected chi connectivity index (χ0v) is 11.3. The predicted octanol–water partition coefficient (Wildman–Crippen LogP) is 3.80. The Labute approximate surface area is 112 Å². The average Bonchev–Trinajstić information content (AvgIpc) is 2.83. The molecule has 3 nitrogen and oxygen atoms in total. The second kappa shape index (κ2) is 5.57. The lowest BCUT2D eigenvalue weighted by Gasteiger charge is -2.04. The van der Waals surface area contributed by atoms with Crippen molar-refractivity contribution >= 4 is 11.9 Å². The third kappa shape index (κ3) is 3.13. The number of allylic oxidation sites excluding steroid dienone is 1. The summed E-state index contributed by atoms with van der Waals surface area (Å²) >= 11 is 0. The number of methoxy groups -OCH3 is 1. The van der Waals surface area contributed by atoms with Crippen molar-refractivity contribution in [3.8, 4) is 5.75 Å². The molecule has 0 fully saturated rings. The molecule has 0 aliphatic rings. The lowest BCUT2D eigenvalue weighted by molar-refractivity contribution is 0.102. The topological polar surface area (TPSA) is 39.4 Å². The van der Waals surface area contributed by atoms with E-state index in [1.165, 1.54) is 6.08 Å². The Bertz CT molecular complexity index is 621. The van der Waals surface area contributed by atoms with E-state index in [-0.39, 0.29) is 5.78 Å². The first-order valence-corrected chi connectivity index (χ1v) is 6.03. The number of hydrogen-bond donors (Lipinski definition) is 0. The van der Waals surface area contributed by atoms with Gasteiger partial charge in [-0.25, -0.2) is 0 Å². The van der Waals surface area contributed by atoms with Crippen molar-refractivity contribution in [2.45, 2.75) is 13.8 Å². The Kier molecular flexibility index (Phi) is 3.85. The van der Waals surface area contributed by atoms with E-state index in [1.54, 1.807) is 25.3 Å². The normalized spacial score (nSPS) is 10.9. The summed E-state index contributed by atoms with van der Waals surface area (Å²) in [6.45, 7) is 3.78. The highest BCUT2D eigenvalue weighted by Crippen LogP contribution is 2.19. The summed E-state index contributed by atoms with van der Waals surface area (Å²) in [5, 5.41) is 0. The molecule has 0 bridgehead atoms. The standard InChI is InChI=1S/C16H16O3/c1-11-10-13(6-9-15(11)18-3)5-7-14(17)16-8-4-12(2)19-16/h4-10H,1-3H3. The van der Waals surface area contributed by atoms with Crippen LogP contribution in [0.2, 0.25) is 0 Å². The fourth-order valence-corrected chi connectivity index (χ4v) is 1.83. The minimum atomic E-state index is -0.137. The molecule has 0 radical (unpaired) electrons. The van der Waals surface area contributed by atoms with Crippen LogP contribution in [0.25, 0.3) is 6.08 Å². The summed E-state index contributed by atoms with van der Waals surface area (Å²) < 4.78 is 10.5. The van der Waals surface area contributed by atoms with E-state index in [9.17, 15) is 4.79 Å². The largest absolute Gasteiger partial charge is 0.496 e. The molecule has 0 spiro atoms. The van der Waals surface area contributed by atoms with Gasteiger partial charge in [-0.1, -0.05) is 12.1 Å². The highest BCUT2D eigenvalue weighted by atomic mass is 16.5. The number of hydrogen-bond acceptors (Lipinski definition) is 3. The fraction of sp³-hybridized carbons (Fsp3) is 0.188. The van der Waals surface area contributed by atoms with Crippen LogP contribution in [0.3, 0.4) is 0 Å². The summed E-state index contributed by atoms with van der Waals surface area (Å²) in [5.74, 6) is 1.79. The molecule has 0 N–H and O–H groups in total. The lowest BCUT2D eigenvalue weighted by atomic mass is 10.1. The van der Waals surface area contributed by atoms with E-state index in [4.69, 9.17) is 9.15 Å². The van der Waals surface area contributed by atoms with Crippen LogP contribution in [-0.2, 0) is 0 Å². The van der Waals surface area contributed by atoms with Crippen molar-refractivity contribution < 1.29 is 13.9 Å². The van der Waals surface area contributed by atoms with Gasteiger partial charge in [0.15, 0.2) is 5.76 Å². The summed E-state index contributed by atoms with van der Waals surface area (Å²) in [4.78, 5) is 11.8. The molecule has 3 heteroatoms. The van der Waals surface area contributed by atoms with Crippen molar-refractivity contribution in [2.75, 3.05) is 7.11 Å². The molecular formula is C16H16O3. The Balaban J connectivity index is 2.14. The van der Waals surface area contributed by atoms with Gasteiger partial charge in [0, 0.05) is 0 Å². The molecule has 0 unspecified atom stereocenters. The second-order valence-electron chi connectivity index (χ2n) is 4.34. The number of furan rings is 1. The zero-order valence-electron chi connectivity index (χ0n) is 11.3. The first kappa shape index (κ1) is 13.1. The molecule has 0 amide bonds. The highest BCUT2D eigenvalue weighted by molar-refractivity contribution is 6.04. The Hall–Kier alpha value is -2.29. The number of ketones is 1. The van der Waals surface area contributed by atoms with Crippen LogP contribution in [0.5, 0.6) is 5.75 Å². The van der Waals surface area contributed by atoms with Gasteiger partial charge < -0.3 is 9.15 Å². The van der Waals surface area contributed by atoms with Crippen molar-refractivity contribution in [1.29, 1.82) is 0 Å². The van der Waals surface area contributed by atoms with E-state index < -0.39 is 0 Å². The first-order valence-electron chi connectivity index (χ1n) is 6.03. The van der Waals surface area contributed by atoms with Gasteiger partial charge in [0.2, 0.25) is 5.78 Å².